The molecule has 1 aliphatic rings. The molecule has 1 saturated heterocycles. The van der Waals surface area contributed by atoms with Crippen LogP contribution in [0.15, 0.2) is 22.7 Å². The predicted octanol–water partition coefficient (Wildman–Crippen LogP) is 2.93. The van der Waals surface area contributed by atoms with Gasteiger partial charge < -0.3 is 10.2 Å². The van der Waals surface area contributed by atoms with Crippen LogP contribution >= 0.6 is 27.5 Å². The van der Waals surface area contributed by atoms with E-state index in [-0.39, 0.29) is 5.91 Å². The van der Waals surface area contributed by atoms with E-state index in [0.717, 1.165) is 24.1 Å². The maximum absolute atomic E-state index is 11.9. The van der Waals surface area contributed by atoms with Crippen LogP contribution in [-0.2, 0) is 0 Å². The first-order valence-electron chi connectivity index (χ1n) is 6.12. The van der Waals surface area contributed by atoms with Crippen molar-refractivity contribution in [1.29, 1.82) is 0 Å². The molecule has 3 nitrogen and oxygen atoms in total. The van der Waals surface area contributed by atoms with E-state index in [1.807, 2.05) is 0 Å². The summed E-state index contributed by atoms with van der Waals surface area (Å²) in [6, 6.07) is 5.22. The third-order valence-electron chi connectivity index (χ3n) is 3.04. The zero-order chi connectivity index (χ0) is 13.0. The monoisotopic (exact) mass is 330 g/mol. The van der Waals surface area contributed by atoms with E-state index in [0.29, 0.717) is 17.1 Å². The molecule has 18 heavy (non-hydrogen) atoms. The number of carbonyl (C=O) groups excluding carboxylic acids is 1. The topological polar surface area (TPSA) is 32.3 Å². The predicted molar refractivity (Wildman–Crippen MR) is 77.2 cm³/mol. The summed E-state index contributed by atoms with van der Waals surface area (Å²) < 4.78 is 0.819. The average Bonchev–Trinajstić information content (AvgIpc) is 2.80. The zero-order valence-corrected chi connectivity index (χ0v) is 12.4. The lowest BCUT2D eigenvalue weighted by Gasteiger charge is -2.14. The van der Waals surface area contributed by atoms with Crippen molar-refractivity contribution in [3.05, 3.63) is 33.3 Å². The van der Waals surface area contributed by atoms with Gasteiger partial charge in [-0.05, 0) is 44.1 Å². The Balaban J connectivity index is 1.83. The van der Waals surface area contributed by atoms with Gasteiger partial charge in [-0.25, -0.2) is 0 Å². The Bertz CT molecular complexity index is 413. The Kier molecular flexibility index (Phi) is 5.03. The minimum Gasteiger partial charge on any atom is -0.351 e. The molecule has 0 saturated carbocycles. The number of hydrogen-bond donors (Lipinski definition) is 1. The summed E-state index contributed by atoms with van der Waals surface area (Å²) in [5.41, 5.74) is 0.593. The molecule has 1 heterocycles. The number of benzene rings is 1. The second kappa shape index (κ2) is 6.55. The van der Waals surface area contributed by atoms with Gasteiger partial charge in [0.25, 0.3) is 5.91 Å². The van der Waals surface area contributed by atoms with Crippen LogP contribution in [0.5, 0.6) is 0 Å². The summed E-state index contributed by atoms with van der Waals surface area (Å²) in [6.07, 6.45) is 2.55. The summed E-state index contributed by atoms with van der Waals surface area (Å²) in [5.74, 6) is -0.0719. The van der Waals surface area contributed by atoms with Gasteiger partial charge in [0.05, 0.1) is 0 Å². The fourth-order valence-corrected chi connectivity index (χ4v) is 2.98. The highest BCUT2D eigenvalue weighted by molar-refractivity contribution is 9.10. The second-order valence-corrected chi connectivity index (χ2v) is 5.81. The highest BCUT2D eigenvalue weighted by Crippen LogP contribution is 2.19. The number of rotatable bonds is 4. The molecule has 1 N–H and O–H groups in total. The quantitative estimate of drug-likeness (QED) is 0.920. The van der Waals surface area contributed by atoms with E-state index < -0.39 is 0 Å². The number of nitrogens with zero attached hydrogens (tertiary/aromatic N) is 1. The van der Waals surface area contributed by atoms with Crippen LogP contribution in [0.25, 0.3) is 0 Å². The fraction of sp³-hybridized carbons (Fsp3) is 0.462. The fourth-order valence-electron chi connectivity index (χ4n) is 2.12. The number of hydrogen-bond acceptors (Lipinski definition) is 2. The third-order valence-corrected chi connectivity index (χ3v) is 3.71. The van der Waals surface area contributed by atoms with Crippen LogP contribution in [0.3, 0.4) is 0 Å². The molecule has 1 aromatic carbocycles. The second-order valence-electron chi connectivity index (χ2n) is 4.46. The summed E-state index contributed by atoms with van der Waals surface area (Å²) in [5, 5.41) is 3.48. The van der Waals surface area contributed by atoms with Crippen molar-refractivity contribution in [3.63, 3.8) is 0 Å². The molecule has 98 valence electrons. The molecule has 0 aromatic heterocycles. The standard InChI is InChI=1S/C13H16BrClN2O/c14-11-7-10(8-12(15)9-11)13(18)16-3-6-17-4-1-2-5-17/h7-9H,1-6H2,(H,16,18). The normalized spacial score (nSPS) is 15.9. The summed E-state index contributed by atoms with van der Waals surface area (Å²) in [6.45, 7) is 3.91. The number of amides is 1. The van der Waals surface area contributed by atoms with Gasteiger partial charge in [-0.2, -0.15) is 0 Å². The Morgan fingerprint density at radius 1 is 1.33 bits per heavy atom. The van der Waals surface area contributed by atoms with Gasteiger partial charge in [-0.1, -0.05) is 27.5 Å². The molecule has 0 atom stereocenters. The van der Waals surface area contributed by atoms with Crippen LogP contribution in [0.2, 0.25) is 5.02 Å². The molecule has 2 rings (SSSR count). The lowest BCUT2D eigenvalue weighted by molar-refractivity contribution is 0.0949. The first kappa shape index (κ1) is 13.8. The van der Waals surface area contributed by atoms with Crippen LogP contribution in [0.4, 0.5) is 0 Å². The van der Waals surface area contributed by atoms with E-state index in [4.69, 9.17) is 11.6 Å². The van der Waals surface area contributed by atoms with Gasteiger partial charge in [-0.3, -0.25) is 4.79 Å². The number of halogens is 2. The lowest BCUT2D eigenvalue weighted by Crippen LogP contribution is -2.33. The number of carbonyl (C=O) groups is 1. The molecular weight excluding hydrogens is 316 g/mol. The first-order chi connectivity index (χ1) is 8.65. The maximum atomic E-state index is 11.9. The molecule has 1 fully saturated rings. The van der Waals surface area contributed by atoms with E-state index in [1.54, 1.807) is 18.2 Å². The highest BCUT2D eigenvalue weighted by atomic mass is 79.9. The van der Waals surface area contributed by atoms with Crippen molar-refractivity contribution >= 4 is 33.4 Å². The van der Waals surface area contributed by atoms with Crippen molar-refractivity contribution in [2.24, 2.45) is 0 Å². The van der Waals surface area contributed by atoms with Gasteiger partial charge in [0, 0.05) is 28.1 Å². The van der Waals surface area contributed by atoms with Crippen LogP contribution in [0, 0.1) is 0 Å². The molecule has 0 bridgehead atoms. The molecule has 1 aromatic rings. The Hall–Kier alpha value is -0.580. The van der Waals surface area contributed by atoms with Gasteiger partial charge in [0.1, 0.15) is 0 Å². The number of likely N-dealkylation sites (tertiary alicyclic amines) is 1. The molecule has 0 spiro atoms. The minimum atomic E-state index is -0.0719. The van der Waals surface area contributed by atoms with Crippen molar-refractivity contribution in [1.82, 2.24) is 10.2 Å². The Morgan fingerprint density at radius 2 is 2.06 bits per heavy atom. The summed E-state index contributed by atoms with van der Waals surface area (Å²) in [7, 11) is 0. The van der Waals surface area contributed by atoms with Crippen molar-refractivity contribution in [2.75, 3.05) is 26.2 Å². The van der Waals surface area contributed by atoms with Crippen molar-refractivity contribution in [2.45, 2.75) is 12.8 Å². The maximum Gasteiger partial charge on any atom is 0.251 e. The third kappa shape index (κ3) is 3.97. The van der Waals surface area contributed by atoms with Gasteiger partial charge >= 0.3 is 0 Å². The van der Waals surface area contributed by atoms with Gasteiger partial charge in [0.2, 0.25) is 0 Å². The van der Waals surface area contributed by atoms with E-state index in [1.165, 1.54) is 12.8 Å². The van der Waals surface area contributed by atoms with Crippen LogP contribution < -0.4 is 5.32 Å². The molecule has 0 aliphatic carbocycles. The minimum absolute atomic E-state index is 0.0719. The van der Waals surface area contributed by atoms with E-state index in [9.17, 15) is 4.79 Å². The number of nitrogens with one attached hydrogen (secondary N) is 1. The smallest absolute Gasteiger partial charge is 0.251 e. The molecule has 1 amide bonds. The van der Waals surface area contributed by atoms with Gasteiger partial charge in [-0.15, -0.1) is 0 Å². The summed E-state index contributed by atoms with van der Waals surface area (Å²) in [4.78, 5) is 14.3. The Labute approximate surface area is 121 Å². The highest BCUT2D eigenvalue weighted by Gasteiger charge is 2.12. The van der Waals surface area contributed by atoms with E-state index >= 15 is 0 Å². The van der Waals surface area contributed by atoms with Crippen LogP contribution in [0.1, 0.15) is 23.2 Å². The molecule has 0 unspecified atom stereocenters. The SMILES string of the molecule is O=C(NCCN1CCCC1)c1cc(Cl)cc(Br)c1. The van der Waals surface area contributed by atoms with Gasteiger partial charge in [0.15, 0.2) is 0 Å². The zero-order valence-electron chi connectivity index (χ0n) is 10.1. The van der Waals surface area contributed by atoms with E-state index in [2.05, 4.69) is 26.1 Å². The molecule has 0 radical (unpaired) electrons. The molecule has 1 aliphatic heterocycles. The molecule has 5 heteroatoms. The lowest BCUT2D eigenvalue weighted by atomic mass is 10.2. The van der Waals surface area contributed by atoms with Crippen molar-refractivity contribution in [3.8, 4) is 0 Å². The average molecular weight is 332 g/mol. The van der Waals surface area contributed by atoms with Crippen molar-refractivity contribution < 1.29 is 4.79 Å². The summed E-state index contributed by atoms with van der Waals surface area (Å²) >= 11 is 9.24. The molecular formula is C13H16BrClN2O. The largest absolute Gasteiger partial charge is 0.351 e. The Morgan fingerprint density at radius 3 is 2.72 bits per heavy atom. The van der Waals surface area contributed by atoms with Crippen LogP contribution in [-0.4, -0.2) is 37.0 Å². The first-order valence-corrected chi connectivity index (χ1v) is 7.29.